The van der Waals surface area contributed by atoms with Crippen LogP contribution >= 0.6 is 11.6 Å². The zero-order valence-corrected chi connectivity index (χ0v) is 8.91. The van der Waals surface area contributed by atoms with Crippen LogP contribution in [-0.2, 0) is 7.05 Å². The second-order valence-corrected chi connectivity index (χ2v) is 3.89. The second-order valence-electron chi connectivity index (χ2n) is 3.49. The summed E-state index contributed by atoms with van der Waals surface area (Å²) in [6.07, 6.45) is 2.04. The molecule has 2 unspecified atom stereocenters. The van der Waals surface area contributed by atoms with Crippen molar-refractivity contribution in [3.8, 4) is 0 Å². The largest absolute Gasteiger partial charge is 0.393 e. The molecular formula is C9H15ClN2O. The first-order chi connectivity index (χ1) is 6.02. The highest BCUT2D eigenvalue weighted by Crippen LogP contribution is 2.26. The molecule has 1 N–H and O–H groups in total. The molecule has 1 heterocycles. The van der Waals surface area contributed by atoms with Crippen LogP contribution in [0.3, 0.4) is 0 Å². The number of nitrogens with zero attached hydrogens (tertiary/aromatic N) is 2. The van der Waals surface area contributed by atoms with Crippen molar-refractivity contribution in [1.29, 1.82) is 0 Å². The van der Waals surface area contributed by atoms with Gasteiger partial charge in [-0.15, -0.1) is 0 Å². The summed E-state index contributed by atoms with van der Waals surface area (Å²) in [7, 11) is 1.86. The van der Waals surface area contributed by atoms with E-state index in [1.54, 1.807) is 17.8 Å². The number of aromatic nitrogens is 2. The van der Waals surface area contributed by atoms with Gasteiger partial charge in [0.05, 0.1) is 23.0 Å². The normalized spacial score (nSPS) is 15.8. The van der Waals surface area contributed by atoms with Gasteiger partial charge in [0.1, 0.15) is 0 Å². The zero-order chi connectivity index (χ0) is 10.0. The van der Waals surface area contributed by atoms with E-state index in [-0.39, 0.29) is 12.0 Å². The molecule has 0 radical (unpaired) electrons. The van der Waals surface area contributed by atoms with Gasteiger partial charge in [0, 0.05) is 13.0 Å². The molecule has 0 saturated carbocycles. The van der Waals surface area contributed by atoms with Crippen LogP contribution in [0.25, 0.3) is 0 Å². The smallest absolute Gasteiger partial charge is 0.0820 e. The van der Waals surface area contributed by atoms with Crippen molar-refractivity contribution >= 4 is 11.6 Å². The van der Waals surface area contributed by atoms with Crippen molar-refractivity contribution in [3.63, 3.8) is 0 Å². The molecule has 0 aromatic carbocycles. The Morgan fingerprint density at radius 3 is 2.62 bits per heavy atom. The highest BCUT2D eigenvalue weighted by molar-refractivity contribution is 6.31. The number of aryl methyl sites for hydroxylation is 1. The summed E-state index contributed by atoms with van der Waals surface area (Å²) in [6.45, 7) is 3.82. The number of hydrogen-bond donors (Lipinski definition) is 1. The van der Waals surface area contributed by atoms with Gasteiger partial charge in [0.15, 0.2) is 0 Å². The van der Waals surface area contributed by atoms with Crippen LogP contribution in [0, 0.1) is 0 Å². The van der Waals surface area contributed by atoms with Gasteiger partial charge in [0.2, 0.25) is 0 Å². The van der Waals surface area contributed by atoms with Gasteiger partial charge in [-0.1, -0.05) is 18.5 Å². The highest BCUT2D eigenvalue weighted by Gasteiger charge is 2.15. The van der Waals surface area contributed by atoms with E-state index < -0.39 is 0 Å². The Labute approximate surface area is 83.3 Å². The van der Waals surface area contributed by atoms with E-state index in [0.29, 0.717) is 11.4 Å². The second kappa shape index (κ2) is 4.11. The van der Waals surface area contributed by atoms with E-state index in [4.69, 9.17) is 11.6 Å². The molecule has 3 nitrogen and oxygen atoms in total. The first kappa shape index (κ1) is 10.5. The minimum absolute atomic E-state index is 0.236. The van der Waals surface area contributed by atoms with Crippen LogP contribution in [0.4, 0.5) is 0 Å². The summed E-state index contributed by atoms with van der Waals surface area (Å²) in [6, 6.07) is 0. The Morgan fingerprint density at radius 1 is 1.62 bits per heavy atom. The summed E-state index contributed by atoms with van der Waals surface area (Å²) >= 11 is 5.96. The third-order valence-corrected chi connectivity index (χ3v) is 2.39. The number of aliphatic hydroxyl groups excluding tert-OH is 1. The fourth-order valence-corrected chi connectivity index (χ4v) is 1.95. The average Bonchev–Trinajstić information content (AvgIpc) is 2.29. The van der Waals surface area contributed by atoms with Gasteiger partial charge >= 0.3 is 0 Å². The van der Waals surface area contributed by atoms with Crippen LogP contribution in [0.2, 0.25) is 5.02 Å². The van der Waals surface area contributed by atoms with Gasteiger partial charge in [-0.2, -0.15) is 5.10 Å². The Hall–Kier alpha value is -0.540. The van der Waals surface area contributed by atoms with Gasteiger partial charge in [-0.25, -0.2) is 0 Å². The molecule has 1 aromatic rings. The standard InChI is InChI=1S/C9H15ClN2O/c1-6(4-7(2)13)9-8(10)5-11-12(9)3/h5-7,13H,4H2,1-3H3. The van der Waals surface area contributed by atoms with Crippen LogP contribution in [0.1, 0.15) is 31.9 Å². The van der Waals surface area contributed by atoms with Gasteiger partial charge in [-0.3, -0.25) is 4.68 Å². The van der Waals surface area contributed by atoms with E-state index >= 15 is 0 Å². The van der Waals surface area contributed by atoms with Crippen molar-refractivity contribution in [1.82, 2.24) is 9.78 Å². The molecule has 13 heavy (non-hydrogen) atoms. The summed E-state index contributed by atoms with van der Waals surface area (Å²) in [5, 5.41) is 14.0. The monoisotopic (exact) mass is 202 g/mol. The molecule has 0 aliphatic carbocycles. The quantitative estimate of drug-likeness (QED) is 0.814. The molecule has 0 bridgehead atoms. The van der Waals surface area contributed by atoms with Crippen LogP contribution in [0.15, 0.2) is 6.20 Å². The maximum atomic E-state index is 9.23. The first-order valence-electron chi connectivity index (χ1n) is 4.37. The third kappa shape index (κ3) is 2.45. The van der Waals surface area contributed by atoms with E-state index in [0.717, 1.165) is 5.69 Å². The molecule has 4 heteroatoms. The van der Waals surface area contributed by atoms with Crippen LogP contribution in [0.5, 0.6) is 0 Å². The predicted molar refractivity (Wildman–Crippen MR) is 52.9 cm³/mol. The lowest BCUT2D eigenvalue weighted by Crippen LogP contribution is -2.10. The summed E-state index contributed by atoms with van der Waals surface area (Å²) < 4.78 is 1.76. The van der Waals surface area contributed by atoms with Crippen molar-refractivity contribution in [3.05, 3.63) is 16.9 Å². The lowest BCUT2D eigenvalue weighted by Gasteiger charge is -2.14. The lowest BCUT2D eigenvalue weighted by atomic mass is 10.0. The SMILES string of the molecule is CC(O)CC(C)c1c(Cl)cnn1C. The molecule has 0 saturated heterocycles. The number of hydrogen-bond acceptors (Lipinski definition) is 2. The average molecular weight is 203 g/mol. The van der Waals surface area contributed by atoms with Gasteiger partial charge < -0.3 is 5.11 Å². The van der Waals surface area contributed by atoms with Crippen molar-refractivity contribution in [2.24, 2.45) is 7.05 Å². The molecule has 74 valence electrons. The molecule has 1 rings (SSSR count). The first-order valence-corrected chi connectivity index (χ1v) is 4.75. The summed E-state index contributed by atoms with van der Waals surface area (Å²) in [5.74, 6) is 0.236. The van der Waals surface area contributed by atoms with Crippen LogP contribution in [-0.4, -0.2) is 21.0 Å². The molecular weight excluding hydrogens is 188 g/mol. The minimum atomic E-state index is -0.305. The molecule has 0 fully saturated rings. The fourth-order valence-electron chi connectivity index (χ4n) is 1.60. The topological polar surface area (TPSA) is 38.1 Å². The molecule has 0 aliphatic rings. The van der Waals surface area contributed by atoms with Crippen molar-refractivity contribution < 1.29 is 5.11 Å². The Kier molecular flexibility index (Phi) is 3.33. The minimum Gasteiger partial charge on any atom is -0.393 e. The fraction of sp³-hybridized carbons (Fsp3) is 0.667. The Bertz CT molecular complexity index is 264. The number of aliphatic hydroxyl groups is 1. The third-order valence-electron chi connectivity index (χ3n) is 2.10. The lowest BCUT2D eigenvalue weighted by molar-refractivity contribution is 0.175. The molecule has 2 atom stereocenters. The highest BCUT2D eigenvalue weighted by atomic mass is 35.5. The van der Waals surface area contributed by atoms with E-state index in [9.17, 15) is 5.11 Å². The summed E-state index contributed by atoms with van der Waals surface area (Å²) in [4.78, 5) is 0. The van der Waals surface area contributed by atoms with Crippen LogP contribution < -0.4 is 0 Å². The zero-order valence-electron chi connectivity index (χ0n) is 8.16. The maximum absolute atomic E-state index is 9.23. The van der Waals surface area contributed by atoms with Crippen molar-refractivity contribution in [2.45, 2.75) is 32.3 Å². The van der Waals surface area contributed by atoms with Gasteiger partial charge in [-0.05, 0) is 13.3 Å². The maximum Gasteiger partial charge on any atom is 0.0820 e. The predicted octanol–water partition coefficient (Wildman–Crippen LogP) is 1.95. The molecule has 0 aliphatic heterocycles. The number of rotatable bonds is 3. The molecule has 0 spiro atoms. The Morgan fingerprint density at radius 2 is 2.23 bits per heavy atom. The summed E-state index contributed by atoms with van der Waals surface area (Å²) in [5.41, 5.74) is 0.988. The number of halogens is 1. The van der Waals surface area contributed by atoms with E-state index in [1.165, 1.54) is 0 Å². The molecule has 1 aromatic heterocycles. The van der Waals surface area contributed by atoms with Crippen molar-refractivity contribution in [2.75, 3.05) is 0 Å². The Balaban J connectivity index is 2.81. The van der Waals surface area contributed by atoms with E-state index in [1.807, 2.05) is 14.0 Å². The van der Waals surface area contributed by atoms with E-state index in [2.05, 4.69) is 5.10 Å². The molecule has 0 amide bonds. The van der Waals surface area contributed by atoms with Gasteiger partial charge in [0.25, 0.3) is 0 Å².